The number of hydrogen-bond acceptors (Lipinski definition) is 1. The van der Waals surface area contributed by atoms with Gasteiger partial charge in [-0.25, -0.2) is 0 Å². The first-order chi connectivity index (χ1) is 21.1. The van der Waals surface area contributed by atoms with E-state index in [9.17, 15) is 0 Å². The van der Waals surface area contributed by atoms with Gasteiger partial charge in [-0.3, -0.25) is 0 Å². The molecule has 6 aromatic rings. The van der Waals surface area contributed by atoms with Crippen LogP contribution in [0.2, 0.25) is 5.02 Å². The van der Waals surface area contributed by atoms with Crippen molar-refractivity contribution in [3.63, 3.8) is 0 Å². The molecule has 2 aliphatic carbocycles. The molecule has 0 N–H and O–H groups in total. The molecule has 0 heterocycles. The fourth-order valence-electron chi connectivity index (χ4n) is 7.60. The van der Waals surface area contributed by atoms with E-state index in [1.165, 1.54) is 55.7 Å². The predicted octanol–water partition coefficient (Wildman–Crippen LogP) is 11.4. The third-order valence-electron chi connectivity index (χ3n) is 9.27. The SMILES string of the molecule is CC1=C(c2ccccc2C)C2(c3cc(Cl)ccc31)c1ccccc1-c1c(N(c3ccccc3)c3ccccc3)cccc12. The monoisotopic (exact) mass is 571 g/mol. The van der Waals surface area contributed by atoms with Gasteiger partial charge in [0, 0.05) is 22.0 Å². The molecule has 2 aliphatic rings. The van der Waals surface area contributed by atoms with E-state index < -0.39 is 5.41 Å². The molecule has 43 heavy (non-hydrogen) atoms. The van der Waals surface area contributed by atoms with Crippen molar-refractivity contribution in [1.82, 2.24) is 0 Å². The molecule has 0 saturated carbocycles. The molecule has 8 rings (SSSR count). The Hall–Kier alpha value is -4.85. The Balaban J connectivity index is 1.52. The highest BCUT2D eigenvalue weighted by Gasteiger charge is 2.53. The number of allylic oxidation sites excluding steroid dienone is 2. The number of fused-ring (bicyclic) bond motifs is 7. The molecule has 6 aromatic carbocycles. The van der Waals surface area contributed by atoms with Crippen LogP contribution in [-0.2, 0) is 5.41 Å². The lowest BCUT2D eigenvalue weighted by molar-refractivity contribution is 0.840. The second-order valence-electron chi connectivity index (χ2n) is 11.5. The van der Waals surface area contributed by atoms with Gasteiger partial charge in [0.1, 0.15) is 0 Å². The summed E-state index contributed by atoms with van der Waals surface area (Å²) in [6.45, 7) is 4.51. The largest absolute Gasteiger partial charge is 0.310 e. The smallest absolute Gasteiger partial charge is 0.0729 e. The lowest BCUT2D eigenvalue weighted by atomic mass is 9.67. The van der Waals surface area contributed by atoms with Crippen molar-refractivity contribution in [3.8, 4) is 11.1 Å². The molecule has 2 heteroatoms. The van der Waals surface area contributed by atoms with Crippen LogP contribution in [-0.4, -0.2) is 0 Å². The van der Waals surface area contributed by atoms with E-state index in [-0.39, 0.29) is 0 Å². The summed E-state index contributed by atoms with van der Waals surface area (Å²) >= 11 is 6.83. The van der Waals surface area contributed by atoms with Crippen LogP contribution in [0, 0.1) is 6.92 Å². The second-order valence-corrected chi connectivity index (χ2v) is 11.9. The maximum Gasteiger partial charge on any atom is 0.0729 e. The summed E-state index contributed by atoms with van der Waals surface area (Å²) in [4.78, 5) is 2.40. The van der Waals surface area contributed by atoms with Crippen LogP contribution in [0.3, 0.4) is 0 Å². The van der Waals surface area contributed by atoms with Gasteiger partial charge in [0.25, 0.3) is 0 Å². The zero-order valence-corrected chi connectivity index (χ0v) is 24.9. The molecule has 0 bridgehead atoms. The minimum absolute atomic E-state index is 0.503. The highest BCUT2D eigenvalue weighted by atomic mass is 35.5. The van der Waals surface area contributed by atoms with Gasteiger partial charge in [-0.05, 0) is 106 Å². The first-order valence-corrected chi connectivity index (χ1v) is 15.2. The standard InChI is InChI=1S/C41H30ClN/c1-27-14-9-10-19-32(27)40-28(2)33-25-24-29(42)26-37(33)41(40)35-21-12-11-20-34(35)39-36(41)22-13-23-38(39)43(30-15-5-3-6-16-30)31-17-7-4-8-18-31/h3-26H,1-2H3. The van der Waals surface area contributed by atoms with Crippen molar-refractivity contribution < 1.29 is 0 Å². The number of anilines is 3. The molecule has 1 spiro atoms. The summed E-state index contributed by atoms with van der Waals surface area (Å²) in [5.41, 5.74) is 15.7. The van der Waals surface area contributed by atoms with Crippen LogP contribution in [0.1, 0.15) is 40.3 Å². The molecule has 0 saturated heterocycles. The van der Waals surface area contributed by atoms with Crippen LogP contribution in [0.25, 0.3) is 22.3 Å². The van der Waals surface area contributed by atoms with E-state index in [0.29, 0.717) is 0 Å². The molecule has 1 nitrogen and oxygen atoms in total. The van der Waals surface area contributed by atoms with Gasteiger partial charge in [0.05, 0.1) is 11.1 Å². The molecular weight excluding hydrogens is 542 g/mol. The van der Waals surface area contributed by atoms with Crippen molar-refractivity contribution in [1.29, 1.82) is 0 Å². The van der Waals surface area contributed by atoms with Crippen molar-refractivity contribution in [2.45, 2.75) is 19.3 Å². The number of halogens is 1. The Labute approximate surface area is 258 Å². The molecule has 206 valence electrons. The van der Waals surface area contributed by atoms with Crippen molar-refractivity contribution in [3.05, 3.63) is 184 Å². The maximum atomic E-state index is 6.83. The molecule has 0 fully saturated rings. The highest BCUT2D eigenvalue weighted by molar-refractivity contribution is 6.31. The number of aryl methyl sites for hydroxylation is 1. The molecule has 0 amide bonds. The van der Waals surface area contributed by atoms with E-state index >= 15 is 0 Å². The normalized spacial score (nSPS) is 16.3. The van der Waals surface area contributed by atoms with Crippen LogP contribution in [0.15, 0.2) is 146 Å². The summed E-state index contributed by atoms with van der Waals surface area (Å²) in [6, 6.07) is 52.5. The van der Waals surface area contributed by atoms with Crippen LogP contribution in [0.5, 0.6) is 0 Å². The lowest BCUT2D eigenvalue weighted by Gasteiger charge is -2.34. The zero-order chi connectivity index (χ0) is 29.1. The van der Waals surface area contributed by atoms with E-state index in [2.05, 4.69) is 158 Å². The van der Waals surface area contributed by atoms with Gasteiger partial charge in [-0.1, -0.05) is 115 Å². The zero-order valence-electron chi connectivity index (χ0n) is 24.2. The molecule has 0 aromatic heterocycles. The molecule has 1 unspecified atom stereocenters. The fourth-order valence-corrected chi connectivity index (χ4v) is 7.77. The third kappa shape index (κ3) is 3.65. The van der Waals surface area contributed by atoms with E-state index in [1.807, 2.05) is 6.07 Å². The Kier molecular flexibility index (Phi) is 5.93. The fraction of sp³-hybridized carbons (Fsp3) is 0.0732. The first kappa shape index (κ1) is 25.8. The lowest BCUT2D eigenvalue weighted by Crippen LogP contribution is -2.27. The number of hydrogen-bond donors (Lipinski definition) is 0. The molecule has 0 radical (unpaired) electrons. The molecule has 1 atom stereocenters. The second kappa shape index (κ2) is 9.87. The Morgan fingerprint density at radius 1 is 0.512 bits per heavy atom. The van der Waals surface area contributed by atoms with Crippen LogP contribution >= 0.6 is 11.6 Å². The Morgan fingerprint density at radius 3 is 1.81 bits per heavy atom. The average Bonchev–Trinajstić information content (AvgIpc) is 3.48. The molecule has 0 aliphatic heterocycles. The van der Waals surface area contributed by atoms with Gasteiger partial charge >= 0.3 is 0 Å². The third-order valence-corrected chi connectivity index (χ3v) is 9.51. The summed E-state index contributed by atoms with van der Waals surface area (Å²) in [6.07, 6.45) is 0. The van der Waals surface area contributed by atoms with Crippen molar-refractivity contribution >= 4 is 39.8 Å². The summed E-state index contributed by atoms with van der Waals surface area (Å²) < 4.78 is 0. The highest BCUT2D eigenvalue weighted by Crippen LogP contribution is 2.66. The van der Waals surface area contributed by atoms with Crippen LogP contribution < -0.4 is 4.90 Å². The summed E-state index contributed by atoms with van der Waals surface area (Å²) in [7, 11) is 0. The van der Waals surface area contributed by atoms with E-state index in [4.69, 9.17) is 11.6 Å². The van der Waals surface area contributed by atoms with Crippen molar-refractivity contribution in [2.75, 3.05) is 4.90 Å². The molecular formula is C41H30ClN. The number of para-hydroxylation sites is 2. The van der Waals surface area contributed by atoms with Gasteiger partial charge in [-0.15, -0.1) is 0 Å². The number of rotatable bonds is 4. The van der Waals surface area contributed by atoms with Gasteiger partial charge in [0.15, 0.2) is 0 Å². The topological polar surface area (TPSA) is 3.24 Å². The van der Waals surface area contributed by atoms with Crippen LogP contribution in [0.4, 0.5) is 17.1 Å². The van der Waals surface area contributed by atoms with E-state index in [0.717, 1.165) is 22.1 Å². The summed E-state index contributed by atoms with van der Waals surface area (Å²) in [5, 5.41) is 0.759. The quantitative estimate of drug-likeness (QED) is 0.203. The maximum absolute atomic E-state index is 6.83. The number of benzene rings is 6. The van der Waals surface area contributed by atoms with Gasteiger partial charge in [0.2, 0.25) is 0 Å². The van der Waals surface area contributed by atoms with Crippen molar-refractivity contribution in [2.24, 2.45) is 0 Å². The van der Waals surface area contributed by atoms with Gasteiger partial charge < -0.3 is 4.90 Å². The van der Waals surface area contributed by atoms with Gasteiger partial charge in [-0.2, -0.15) is 0 Å². The average molecular weight is 572 g/mol. The summed E-state index contributed by atoms with van der Waals surface area (Å²) in [5.74, 6) is 0. The number of nitrogens with zero attached hydrogens (tertiary/aromatic N) is 1. The Morgan fingerprint density at radius 2 is 1.12 bits per heavy atom. The minimum atomic E-state index is -0.503. The Bertz CT molecular complexity index is 2020. The minimum Gasteiger partial charge on any atom is -0.310 e. The first-order valence-electron chi connectivity index (χ1n) is 14.8. The van der Waals surface area contributed by atoms with E-state index in [1.54, 1.807) is 0 Å². The predicted molar refractivity (Wildman–Crippen MR) is 182 cm³/mol.